The Bertz CT molecular complexity index is 574. The molecule has 1 fully saturated rings. The fourth-order valence-corrected chi connectivity index (χ4v) is 3.12. The van der Waals surface area contributed by atoms with Gasteiger partial charge in [0.2, 0.25) is 0 Å². The maximum atomic E-state index is 4.90. The lowest BCUT2D eigenvalue weighted by molar-refractivity contribution is 0.452. The minimum Gasteiger partial charge on any atom is -0.317 e. The van der Waals surface area contributed by atoms with Gasteiger partial charge >= 0.3 is 0 Å². The molecule has 0 unspecified atom stereocenters. The van der Waals surface area contributed by atoms with Crippen LogP contribution in [0.5, 0.6) is 0 Å². The quantitative estimate of drug-likeness (QED) is 0.867. The van der Waals surface area contributed by atoms with E-state index in [1.165, 1.54) is 29.5 Å². The highest BCUT2D eigenvalue weighted by Crippen LogP contribution is 2.29. The van der Waals surface area contributed by atoms with Gasteiger partial charge in [-0.15, -0.1) is 0 Å². The molecule has 3 rings (SSSR count). The van der Waals surface area contributed by atoms with Crippen molar-refractivity contribution in [2.24, 2.45) is 0 Å². The van der Waals surface area contributed by atoms with Crippen LogP contribution in [0.1, 0.15) is 30.0 Å². The lowest BCUT2D eigenvalue weighted by atomic mass is 9.91. The summed E-state index contributed by atoms with van der Waals surface area (Å²) in [7, 11) is 0. The highest BCUT2D eigenvalue weighted by Gasteiger charge is 2.18. The van der Waals surface area contributed by atoms with Gasteiger partial charge in [-0.05, 0) is 56.6 Å². The van der Waals surface area contributed by atoms with Gasteiger partial charge in [-0.1, -0.05) is 22.0 Å². The minimum atomic E-state index is 0.620. The molecule has 3 heteroatoms. The molecule has 1 aromatic heterocycles. The summed E-state index contributed by atoms with van der Waals surface area (Å²) in [5.41, 5.74) is 3.72. The number of fused-ring (bicyclic) bond motifs is 1. The molecule has 0 aliphatic carbocycles. The summed E-state index contributed by atoms with van der Waals surface area (Å²) < 4.78 is 1.10. The Kier molecular flexibility index (Phi) is 3.35. The van der Waals surface area contributed by atoms with Crippen molar-refractivity contribution in [2.75, 3.05) is 13.1 Å². The van der Waals surface area contributed by atoms with Crippen molar-refractivity contribution in [1.29, 1.82) is 0 Å². The SMILES string of the molecule is Cc1cc2ccc(Br)cc2nc1C1CCNCC1. The van der Waals surface area contributed by atoms with Crippen molar-refractivity contribution in [3.05, 3.63) is 40.0 Å². The number of hydrogen-bond acceptors (Lipinski definition) is 2. The van der Waals surface area contributed by atoms with Gasteiger partial charge in [0.15, 0.2) is 0 Å². The number of nitrogens with one attached hydrogen (secondary N) is 1. The Morgan fingerprint density at radius 3 is 2.78 bits per heavy atom. The molecule has 0 bridgehead atoms. The van der Waals surface area contributed by atoms with Gasteiger partial charge in [0.05, 0.1) is 5.52 Å². The molecule has 0 amide bonds. The number of hydrogen-bond donors (Lipinski definition) is 1. The summed E-state index contributed by atoms with van der Waals surface area (Å²) in [5.74, 6) is 0.620. The van der Waals surface area contributed by atoms with E-state index in [1.54, 1.807) is 0 Å². The zero-order chi connectivity index (χ0) is 12.5. The van der Waals surface area contributed by atoms with Crippen LogP contribution in [-0.2, 0) is 0 Å². The number of pyridine rings is 1. The number of nitrogens with zero attached hydrogens (tertiary/aromatic N) is 1. The zero-order valence-electron chi connectivity index (χ0n) is 10.5. The van der Waals surface area contributed by atoms with Crippen molar-refractivity contribution in [3.63, 3.8) is 0 Å². The van der Waals surface area contributed by atoms with E-state index in [9.17, 15) is 0 Å². The van der Waals surface area contributed by atoms with Crippen LogP contribution in [0.15, 0.2) is 28.7 Å². The third kappa shape index (κ3) is 2.29. The first-order valence-corrected chi connectivity index (χ1v) is 7.31. The molecule has 1 N–H and O–H groups in total. The molecule has 1 aromatic carbocycles. The molecule has 0 radical (unpaired) electrons. The van der Waals surface area contributed by atoms with Crippen LogP contribution in [0.25, 0.3) is 10.9 Å². The van der Waals surface area contributed by atoms with Crippen molar-refractivity contribution >= 4 is 26.8 Å². The van der Waals surface area contributed by atoms with Crippen molar-refractivity contribution < 1.29 is 0 Å². The van der Waals surface area contributed by atoms with Crippen LogP contribution in [0.2, 0.25) is 0 Å². The van der Waals surface area contributed by atoms with Gasteiger partial charge in [0, 0.05) is 21.5 Å². The van der Waals surface area contributed by atoms with Crippen LogP contribution in [-0.4, -0.2) is 18.1 Å². The standard InChI is InChI=1S/C15H17BrN2/c1-10-8-12-2-3-13(16)9-14(12)18-15(10)11-4-6-17-7-5-11/h2-3,8-9,11,17H,4-7H2,1H3. The molecule has 0 spiro atoms. The van der Waals surface area contributed by atoms with E-state index < -0.39 is 0 Å². The van der Waals surface area contributed by atoms with E-state index in [0.29, 0.717) is 5.92 Å². The first-order valence-electron chi connectivity index (χ1n) is 6.51. The summed E-state index contributed by atoms with van der Waals surface area (Å²) in [6.07, 6.45) is 2.40. The summed E-state index contributed by atoms with van der Waals surface area (Å²) in [4.78, 5) is 4.90. The van der Waals surface area contributed by atoms with Crippen LogP contribution in [0, 0.1) is 6.92 Å². The van der Waals surface area contributed by atoms with Crippen LogP contribution in [0.4, 0.5) is 0 Å². The van der Waals surface area contributed by atoms with E-state index in [1.807, 2.05) is 0 Å². The largest absolute Gasteiger partial charge is 0.317 e. The van der Waals surface area contributed by atoms with E-state index in [0.717, 1.165) is 23.1 Å². The summed E-state index contributed by atoms with van der Waals surface area (Å²) in [6.45, 7) is 4.41. The number of aryl methyl sites for hydroxylation is 1. The Balaban J connectivity index is 2.07. The van der Waals surface area contributed by atoms with Gasteiger partial charge in [0.25, 0.3) is 0 Å². The molecule has 0 atom stereocenters. The first-order chi connectivity index (χ1) is 8.74. The summed E-state index contributed by atoms with van der Waals surface area (Å²) >= 11 is 3.52. The Labute approximate surface area is 116 Å². The third-order valence-corrected chi connectivity index (χ3v) is 4.23. The van der Waals surface area contributed by atoms with Crippen LogP contribution >= 0.6 is 15.9 Å². The fourth-order valence-electron chi connectivity index (χ4n) is 2.77. The number of piperidine rings is 1. The predicted molar refractivity (Wildman–Crippen MR) is 79.0 cm³/mol. The molecular weight excluding hydrogens is 288 g/mol. The number of aromatic nitrogens is 1. The lowest BCUT2D eigenvalue weighted by Crippen LogP contribution is -2.27. The van der Waals surface area contributed by atoms with E-state index >= 15 is 0 Å². The molecule has 1 aliphatic heterocycles. The topological polar surface area (TPSA) is 24.9 Å². The monoisotopic (exact) mass is 304 g/mol. The lowest BCUT2D eigenvalue weighted by Gasteiger charge is -2.23. The molecule has 1 aliphatic rings. The first kappa shape index (κ1) is 12.1. The molecule has 1 saturated heterocycles. The normalized spacial score (nSPS) is 17.2. The van der Waals surface area contributed by atoms with Crippen molar-refractivity contribution in [1.82, 2.24) is 10.3 Å². The van der Waals surface area contributed by atoms with Crippen LogP contribution in [0.3, 0.4) is 0 Å². The van der Waals surface area contributed by atoms with Gasteiger partial charge < -0.3 is 5.32 Å². The van der Waals surface area contributed by atoms with E-state index in [4.69, 9.17) is 4.98 Å². The molecule has 0 saturated carbocycles. The van der Waals surface area contributed by atoms with E-state index in [-0.39, 0.29) is 0 Å². The second kappa shape index (κ2) is 4.98. The predicted octanol–water partition coefficient (Wildman–Crippen LogP) is 3.77. The molecular formula is C15H17BrN2. The average molecular weight is 305 g/mol. The average Bonchev–Trinajstić information content (AvgIpc) is 2.39. The maximum Gasteiger partial charge on any atom is 0.0716 e. The summed E-state index contributed by atoms with van der Waals surface area (Å²) in [6, 6.07) is 8.59. The van der Waals surface area contributed by atoms with Gasteiger partial charge in [-0.2, -0.15) is 0 Å². The van der Waals surface area contributed by atoms with Gasteiger partial charge in [-0.25, -0.2) is 0 Å². The zero-order valence-corrected chi connectivity index (χ0v) is 12.1. The number of halogens is 1. The molecule has 2 aromatic rings. The number of benzene rings is 1. The number of rotatable bonds is 1. The second-order valence-corrected chi connectivity index (χ2v) is 5.97. The van der Waals surface area contributed by atoms with Crippen LogP contribution < -0.4 is 5.32 Å². The van der Waals surface area contributed by atoms with Crippen molar-refractivity contribution in [3.8, 4) is 0 Å². The Morgan fingerprint density at radius 2 is 2.00 bits per heavy atom. The smallest absolute Gasteiger partial charge is 0.0716 e. The van der Waals surface area contributed by atoms with E-state index in [2.05, 4.69) is 52.4 Å². The third-order valence-electron chi connectivity index (χ3n) is 3.74. The fraction of sp³-hybridized carbons (Fsp3) is 0.400. The molecule has 18 heavy (non-hydrogen) atoms. The molecule has 2 heterocycles. The Morgan fingerprint density at radius 1 is 1.22 bits per heavy atom. The summed E-state index contributed by atoms with van der Waals surface area (Å²) in [5, 5.41) is 4.64. The maximum absolute atomic E-state index is 4.90. The minimum absolute atomic E-state index is 0.620. The van der Waals surface area contributed by atoms with Crippen molar-refractivity contribution in [2.45, 2.75) is 25.7 Å². The van der Waals surface area contributed by atoms with Gasteiger partial charge in [-0.3, -0.25) is 4.98 Å². The second-order valence-electron chi connectivity index (χ2n) is 5.05. The molecule has 2 nitrogen and oxygen atoms in total. The molecule has 94 valence electrons. The highest BCUT2D eigenvalue weighted by molar-refractivity contribution is 9.10. The van der Waals surface area contributed by atoms with Gasteiger partial charge in [0.1, 0.15) is 0 Å². The highest BCUT2D eigenvalue weighted by atomic mass is 79.9. The Hall–Kier alpha value is -0.930.